The van der Waals surface area contributed by atoms with Crippen molar-refractivity contribution >= 4 is 33.2 Å². The minimum atomic E-state index is -0.374. The Morgan fingerprint density at radius 2 is 1.92 bits per heavy atom. The maximum atomic E-state index is 12.8. The largest absolute Gasteiger partial charge is 0.362 e. The fourth-order valence-corrected chi connectivity index (χ4v) is 3.86. The van der Waals surface area contributed by atoms with Crippen LogP contribution in [-0.4, -0.2) is 52.1 Å². The number of hydrogen-bond donors (Lipinski definition) is 1. The molecular formula is C17H20BrN5O3. The summed E-state index contributed by atoms with van der Waals surface area (Å²) in [5, 5.41) is 18.3. The summed E-state index contributed by atoms with van der Waals surface area (Å²) in [5.74, 6) is 0.0936. The number of piperazine rings is 1. The maximum absolute atomic E-state index is 12.8. The second-order valence-corrected chi connectivity index (χ2v) is 7.27. The Labute approximate surface area is 159 Å². The molecule has 9 heteroatoms. The third-order valence-corrected chi connectivity index (χ3v) is 5.30. The lowest BCUT2D eigenvalue weighted by atomic mass is 10.1. The number of rotatable bonds is 4. The number of nitro groups is 1. The fourth-order valence-electron chi connectivity index (χ4n) is 3.05. The first kappa shape index (κ1) is 18.4. The number of halogens is 1. The Morgan fingerprint density at radius 3 is 2.50 bits per heavy atom. The number of anilines is 1. The van der Waals surface area contributed by atoms with Crippen molar-refractivity contribution < 1.29 is 9.72 Å². The molecule has 0 radical (unpaired) electrons. The molecule has 1 aliphatic heterocycles. The molecule has 0 unspecified atom stereocenters. The molecule has 1 aromatic carbocycles. The van der Waals surface area contributed by atoms with Crippen LogP contribution in [0.2, 0.25) is 0 Å². The first-order valence-electron chi connectivity index (χ1n) is 8.41. The highest BCUT2D eigenvalue weighted by Crippen LogP contribution is 2.29. The van der Waals surface area contributed by atoms with Gasteiger partial charge in [-0.25, -0.2) is 0 Å². The zero-order valence-electron chi connectivity index (χ0n) is 14.6. The molecule has 1 aromatic heterocycles. The van der Waals surface area contributed by atoms with Crippen LogP contribution in [0.5, 0.6) is 0 Å². The number of aromatic amines is 1. The van der Waals surface area contributed by atoms with Crippen LogP contribution in [0.4, 0.5) is 11.4 Å². The van der Waals surface area contributed by atoms with Gasteiger partial charge >= 0.3 is 0 Å². The number of benzene rings is 1. The van der Waals surface area contributed by atoms with Crippen molar-refractivity contribution in [2.75, 3.05) is 31.1 Å². The maximum Gasteiger partial charge on any atom is 0.292 e. The lowest BCUT2D eigenvalue weighted by Gasteiger charge is -2.35. The number of nitrogens with one attached hydrogen (secondary N) is 1. The van der Waals surface area contributed by atoms with Crippen molar-refractivity contribution in [1.29, 1.82) is 0 Å². The van der Waals surface area contributed by atoms with Crippen molar-refractivity contribution in [3.63, 3.8) is 0 Å². The molecule has 138 valence electrons. The van der Waals surface area contributed by atoms with E-state index in [9.17, 15) is 14.9 Å². The van der Waals surface area contributed by atoms with Crippen molar-refractivity contribution in [3.05, 3.63) is 50.2 Å². The summed E-state index contributed by atoms with van der Waals surface area (Å²) >= 11 is 3.47. The number of para-hydroxylation sites is 2. The second kappa shape index (κ2) is 7.45. The Hall–Kier alpha value is -2.42. The highest BCUT2D eigenvalue weighted by molar-refractivity contribution is 9.10. The highest BCUT2D eigenvalue weighted by Gasteiger charge is 2.29. The zero-order chi connectivity index (χ0) is 18.8. The van der Waals surface area contributed by atoms with E-state index in [0.29, 0.717) is 42.0 Å². The number of nitrogens with zero attached hydrogens (tertiary/aromatic N) is 4. The van der Waals surface area contributed by atoms with Crippen LogP contribution in [0, 0.1) is 10.1 Å². The van der Waals surface area contributed by atoms with Crippen LogP contribution in [0.15, 0.2) is 28.7 Å². The van der Waals surface area contributed by atoms with E-state index in [2.05, 4.69) is 26.1 Å². The molecular weight excluding hydrogens is 402 g/mol. The summed E-state index contributed by atoms with van der Waals surface area (Å²) in [6, 6.07) is 6.69. The fraction of sp³-hybridized carbons (Fsp3) is 0.412. The minimum Gasteiger partial charge on any atom is -0.362 e. The van der Waals surface area contributed by atoms with E-state index in [4.69, 9.17) is 0 Å². The van der Waals surface area contributed by atoms with E-state index in [1.54, 1.807) is 23.1 Å². The topological polar surface area (TPSA) is 95.4 Å². The average Bonchev–Trinajstić information content (AvgIpc) is 3.03. The molecule has 1 aliphatic rings. The monoisotopic (exact) mass is 421 g/mol. The smallest absolute Gasteiger partial charge is 0.292 e. The van der Waals surface area contributed by atoms with Crippen molar-refractivity contribution in [2.24, 2.45) is 0 Å². The highest BCUT2D eigenvalue weighted by atomic mass is 79.9. The van der Waals surface area contributed by atoms with E-state index in [1.165, 1.54) is 6.07 Å². The number of aromatic nitrogens is 2. The van der Waals surface area contributed by atoms with Gasteiger partial charge < -0.3 is 9.80 Å². The number of hydrogen-bond acceptors (Lipinski definition) is 5. The molecule has 2 aromatic rings. The second-order valence-electron chi connectivity index (χ2n) is 6.48. The lowest BCUT2D eigenvalue weighted by molar-refractivity contribution is -0.384. The zero-order valence-corrected chi connectivity index (χ0v) is 16.2. The van der Waals surface area contributed by atoms with Crippen molar-refractivity contribution in [2.45, 2.75) is 19.8 Å². The van der Waals surface area contributed by atoms with E-state index in [0.717, 1.165) is 5.69 Å². The Bertz CT molecular complexity index is 828. The number of H-pyrrole nitrogens is 1. The van der Waals surface area contributed by atoms with Gasteiger partial charge in [-0.2, -0.15) is 5.10 Å². The quantitative estimate of drug-likeness (QED) is 0.603. The summed E-state index contributed by atoms with van der Waals surface area (Å²) in [6.45, 7) is 6.10. The molecule has 1 N–H and O–H groups in total. The lowest BCUT2D eigenvalue weighted by Crippen LogP contribution is -2.49. The van der Waals surface area contributed by atoms with Gasteiger partial charge in [0.1, 0.15) is 5.69 Å². The van der Waals surface area contributed by atoms with E-state index in [-0.39, 0.29) is 22.4 Å². The molecule has 0 spiro atoms. The number of carbonyl (C=O) groups is 1. The summed E-state index contributed by atoms with van der Waals surface area (Å²) in [7, 11) is 0. The molecule has 3 rings (SSSR count). The number of nitro benzene ring substituents is 1. The summed E-state index contributed by atoms with van der Waals surface area (Å²) in [6.07, 6.45) is 0. The third-order valence-electron chi connectivity index (χ3n) is 4.50. The molecule has 26 heavy (non-hydrogen) atoms. The van der Waals surface area contributed by atoms with Crippen molar-refractivity contribution in [3.8, 4) is 0 Å². The van der Waals surface area contributed by atoms with Crippen LogP contribution in [0.25, 0.3) is 0 Å². The SMILES string of the molecule is CC(C)c1[nH]nc(C(=O)N2CCN(c3ccccc3[N+](=O)[O-])CC2)c1Br. The molecule has 0 saturated carbocycles. The third kappa shape index (κ3) is 3.44. The van der Waals surface area contributed by atoms with Crippen LogP contribution >= 0.6 is 15.9 Å². The van der Waals surface area contributed by atoms with Crippen LogP contribution < -0.4 is 4.90 Å². The summed E-state index contributed by atoms with van der Waals surface area (Å²) in [4.78, 5) is 27.3. The predicted molar refractivity (Wildman–Crippen MR) is 102 cm³/mol. The van der Waals surface area contributed by atoms with Gasteiger partial charge in [-0.1, -0.05) is 26.0 Å². The van der Waals surface area contributed by atoms with E-state index < -0.39 is 0 Å². The van der Waals surface area contributed by atoms with Gasteiger partial charge in [0.25, 0.3) is 11.6 Å². The van der Waals surface area contributed by atoms with Gasteiger partial charge in [0.15, 0.2) is 5.69 Å². The van der Waals surface area contributed by atoms with E-state index >= 15 is 0 Å². The normalized spacial score (nSPS) is 14.8. The molecule has 1 saturated heterocycles. The van der Waals surface area contributed by atoms with E-state index in [1.807, 2.05) is 18.7 Å². The molecule has 1 amide bonds. The molecule has 0 bridgehead atoms. The van der Waals surface area contributed by atoms with Gasteiger partial charge in [0.05, 0.1) is 15.1 Å². The Kier molecular flexibility index (Phi) is 5.26. The molecule has 8 nitrogen and oxygen atoms in total. The summed E-state index contributed by atoms with van der Waals surface area (Å²) < 4.78 is 0.707. The standard InChI is InChI=1S/C17H20BrN5O3/c1-11(2)15-14(18)16(20-19-15)17(24)22-9-7-21(8-10-22)12-5-3-4-6-13(12)23(25)26/h3-6,11H,7-10H2,1-2H3,(H,19,20). The minimum absolute atomic E-state index is 0.0869. The van der Waals surface area contributed by atoms with Gasteiger partial charge in [0.2, 0.25) is 0 Å². The molecule has 0 atom stereocenters. The average molecular weight is 422 g/mol. The Balaban J connectivity index is 1.71. The number of amides is 1. The van der Waals surface area contributed by atoms with Crippen LogP contribution in [-0.2, 0) is 0 Å². The van der Waals surface area contributed by atoms with Crippen LogP contribution in [0.3, 0.4) is 0 Å². The van der Waals surface area contributed by atoms with Gasteiger partial charge in [0, 0.05) is 32.2 Å². The molecule has 1 fully saturated rings. The summed E-state index contributed by atoms with van der Waals surface area (Å²) in [5.41, 5.74) is 1.95. The molecule has 0 aliphatic carbocycles. The van der Waals surface area contributed by atoms with Gasteiger partial charge in [-0.3, -0.25) is 20.0 Å². The first-order valence-corrected chi connectivity index (χ1v) is 9.20. The Morgan fingerprint density at radius 1 is 1.27 bits per heavy atom. The van der Waals surface area contributed by atoms with Crippen LogP contribution in [0.1, 0.15) is 35.9 Å². The predicted octanol–water partition coefficient (Wildman–Crippen LogP) is 3.17. The van der Waals surface area contributed by atoms with Gasteiger partial charge in [-0.05, 0) is 27.9 Å². The number of carbonyl (C=O) groups excluding carboxylic acids is 1. The van der Waals surface area contributed by atoms with Crippen molar-refractivity contribution in [1.82, 2.24) is 15.1 Å². The van der Waals surface area contributed by atoms with Gasteiger partial charge in [-0.15, -0.1) is 0 Å². The molecule has 2 heterocycles. The first-order chi connectivity index (χ1) is 12.4.